The van der Waals surface area contributed by atoms with E-state index in [2.05, 4.69) is 26.1 Å². The van der Waals surface area contributed by atoms with Gasteiger partial charge in [-0.2, -0.15) is 0 Å². The number of rotatable bonds is 3. The molecule has 1 nitrogen and oxygen atoms in total. The zero-order valence-electron chi connectivity index (χ0n) is 7.78. The van der Waals surface area contributed by atoms with Crippen LogP contribution in [-0.2, 0) is 0 Å². The lowest BCUT2D eigenvalue weighted by atomic mass is 9.97. The minimum atomic E-state index is 0. The van der Waals surface area contributed by atoms with Crippen molar-refractivity contribution >= 4 is 24.0 Å². The molecule has 0 aromatic carbocycles. The fourth-order valence-electron chi connectivity index (χ4n) is 0.646. The minimum Gasteiger partial charge on any atom is -0.315 e. The van der Waals surface area contributed by atoms with Crippen molar-refractivity contribution in [2.24, 2.45) is 5.41 Å². The molecule has 1 unspecified atom stereocenters. The van der Waals surface area contributed by atoms with Gasteiger partial charge in [-0.15, -0.1) is 24.0 Å². The first kappa shape index (κ1) is 14.1. The Balaban J connectivity index is 0. The van der Waals surface area contributed by atoms with E-state index in [1.54, 1.807) is 0 Å². The van der Waals surface area contributed by atoms with Crippen molar-refractivity contribution in [1.29, 1.82) is 0 Å². The van der Waals surface area contributed by atoms with Crippen LogP contribution in [0.25, 0.3) is 0 Å². The maximum Gasteiger partial charge on any atom is 0.0432 e. The van der Waals surface area contributed by atoms with E-state index < -0.39 is 0 Å². The zero-order chi connectivity index (χ0) is 8.20. The zero-order valence-corrected chi connectivity index (χ0v) is 9.35. The summed E-state index contributed by atoms with van der Waals surface area (Å²) in [6, 6.07) is 0. The van der Waals surface area contributed by atoms with E-state index in [9.17, 15) is 0 Å². The van der Waals surface area contributed by atoms with Crippen molar-refractivity contribution in [3.8, 4) is 0 Å². The molecule has 1 N–H and O–H groups in total. The lowest BCUT2D eigenvalue weighted by molar-refractivity contribution is 0.381. The predicted octanol–water partition coefficient (Wildman–Crippen LogP) is 2.67. The van der Waals surface area contributed by atoms with Gasteiger partial charge in [0, 0.05) is 18.5 Å². The van der Waals surface area contributed by atoms with Crippen molar-refractivity contribution in [1.82, 2.24) is 5.32 Å². The number of nitrogens with one attached hydrogen (secondary N) is 1. The molecule has 3 heteroatoms. The first-order valence-corrected chi connectivity index (χ1v) is 4.20. The summed E-state index contributed by atoms with van der Waals surface area (Å²) < 4.78 is 0. The molecule has 0 rings (SSSR count). The smallest absolute Gasteiger partial charge is 0.0432 e. The highest BCUT2D eigenvalue weighted by molar-refractivity contribution is 6.20. The van der Waals surface area contributed by atoms with Gasteiger partial charge in [-0.05, 0) is 12.3 Å². The van der Waals surface area contributed by atoms with E-state index in [1.807, 2.05) is 6.92 Å². The molecule has 0 bridgehead atoms. The van der Waals surface area contributed by atoms with Crippen molar-refractivity contribution in [3.05, 3.63) is 0 Å². The van der Waals surface area contributed by atoms with E-state index in [1.165, 1.54) is 0 Å². The molecule has 1 atom stereocenters. The average molecular weight is 200 g/mol. The molecule has 0 fully saturated rings. The van der Waals surface area contributed by atoms with Gasteiger partial charge in [0.1, 0.15) is 0 Å². The minimum absolute atomic E-state index is 0. The molecule has 70 valence electrons. The summed E-state index contributed by atoms with van der Waals surface area (Å²) in [6.07, 6.45) is 0. The summed E-state index contributed by atoms with van der Waals surface area (Å²) in [7, 11) is 0. The Morgan fingerprint density at radius 1 is 1.36 bits per heavy atom. The maximum absolute atomic E-state index is 5.74. The van der Waals surface area contributed by atoms with Crippen LogP contribution in [0.1, 0.15) is 27.7 Å². The average Bonchev–Trinajstić information content (AvgIpc) is 1.59. The van der Waals surface area contributed by atoms with Gasteiger partial charge in [-0.25, -0.2) is 0 Å². The topological polar surface area (TPSA) is 12.0 Å². The summed E-state index contributed by atoms with van der Waals surface area (Å²) in [5, 5.41) is 3.53. The highest BCUT2D eigenvalue weighted by Crippen LogP contribution is 2.10. The van der Waals surface area contributed by atoms with Crippen LogP contribution in [-0.4, -0.2) is 18.5 Å². The number of halogens is 2. The van der Waals surface area contributed by atoms with E-state index >= 15 is 0 Å². The van der Waals surface area contributed by atoms with Gasteiger partial charge >= 0.3 is 0 Å². The van der Waals surface area contributed by atoms with Crippen LogP contribution in [0.15, 0.2) is 0 Å². The second-order valence-electron chi connectivity index (χ2n) is 3.97. The van der Waals surface area contributed by atoms with Crippen LogP contribution in [0.4, 0.5) is 0 Å². The Labute approximate surface area is 81.3 Å². The Morgan fingerprint density at radius 3 is 2.09 bits per heavy atom. The van der Waals surface area contributed by atoms with Gasteiger partial charge in [0.25, 0.3) is 0 Å². The highest BCUT2D eigenvalue weighted by atomic mass is 35.5. The van der Waals surface area contributed by atoms with E-state index in [0.717, 1.165) is 13.1 Å². The molecular weight excluding hydrogens is 181 g/mol. The normalized spacial score (nSPS) is 13.9. The molecule has 0 spiro atoms. The van der Waals surface area contributed by atoms with E-state index in [-0.39, 0.29) is 17.8 Å². The first-order chi connectivity index (χ1) is 4.42. The van der Waals surface area contributed by atoms with Crippen molar-refractivity contribution in [2.45, 2.75) is 33.1 Å². The van der Waals surface area contributed by atoms with Gasteiger partial charge in [0.2, 0.25) is 0 Å². The monoisotopic (exact) mass is 199 g/mol. The third-order valence-electron chi connectivity index (χ3n) is 1.08. The quantitative estimate of drug-likeness (QED) is 0.690. The van der Waals surface area contributed by atoms with Crippen LogP contribution < -0.4 is 5.32 Å². The first-order valence-electron chi connectivity index (χ1n) is 3.76. The second kappa shape index (κ2) is 6.10. The molecule has 0 saturated heterocycles. The molecule has 0 heterocycles. The molecule has 0 radical (unpaired) electrons. The molecular formula is C8H19Cl2N. The fourth-order valence-corrected chi connectivity index (χ4v) is 0.755. The number of hydrogen-bond acceptors (Lipinski definition) is 1. The molecule has 0 aliphatic heterocycles. The maximum atomic E-state index is 5.74. The number of hydrogen-bond donors (Lipinski definition) is 1. The predicted molar refractivity (Wildman–Crippen MR) is 54.9 cm³/mol. The van der Waals surface area contributed by atoms with Crippen LogP contribution in [0.2, 0.25) is 0 Å². The SMILES string of the molecule is CC(Cl)CNCC(C)(C)C.Cl. The van der Waals surface area contributed by atoms with Gasteiger partial charge < -0.3 is 5.32 Å². The van der Waals surface area contributed by atoms with Crippen molar-refractivity contribution < 1.29 is 0 Å². The van der Waals surface area contributed by atoms with E-state index in [0.29, 0.717) is 5.41 Å². The summed E-state index contributed by atoms with van der Waals surface area (Å²) in [6.45, 7) is 10.6. The van der Waals surface area contributed by atoms with E-state index in [4.69, 9.17) is 11.6 Å². The van der Waals surface area contributed by atoms with Crippen LogP contribution in [0.3, 0.4) is 0 Å². The summed E-state index contributed by atoms with van der Waals surface area (Å²) in [4.78, 5) is 0. The Kier molecular flexibility index (Phi) is 7.81. The Bertz CT molecular complexity index is 86.6. The summed E-state index contributed by atoms with van der Waals surface area (Å²) in [5.74, 6) is 0. The van der Waals surface area contributed by atoms with Crippen molar-refractivity contribution in [2.75, 3.05) is 13.1 Å². The lowest BCUT2D eigenvalue weighted by Crippen LogP contribution is -2.30. The third-order valence-corrected chi connectivity index (χ3v) is 1.24. The van der Waals surface area contributed by atoms with Gasteiger partial charge in [0.05, 0.1) is 0 Å². The number of alkyl halides is 1. The van der Waals surface area contributed by atoms with Gasteiger partial charge in [0.15, 0.2) is 0 Å². The summed E-state index contributed by atoms with van der Waals surface area (Å²) >= 11 is 5.74. The molecule has 0 amide bonds. The molecule has 0 aromatic rings. The van der Waals surface area contributed by atoms with Crippen LogP contribution in [0, 0.1) is 5.41 Å². The third kappa shape index (κ3) is 13.5. The van der Waals surface area contributed by atoms with Crippen LogP contribution >= 0.6 is 24.0 Å². The Hall–Kier alpha value is 0.540. The summed E-state index contributed by atoms with van der Waals surface area (Å²) in [5.41, 5.74) is 0.367. The molecule has 0 aliphatic carbocycles. The fraction of sp³-hybridized carbons (Fsp3) is 1.00. The largest absolute Gasteiger partial charge is 0.315 e. The van der Waals surface area contributed by atoms with Crippen molar-refractivity contribution in [3.63, 3.8) is 0 Å². The Morgan fingerprint density at radius 2 is 1.82 bits per heavy atom. The molecule has 0 aliphatic rings. The van der Waals surface area contributed by atoms with Crippen LogP contribution in [0.5, 0.6) is 0 Å². The molecule has 11 heavy (non-hydrogen) atoms. The lowest BCUT2D eigenvalue weighted by Gasteiger charge is -2.19. The molecule has 0 saturated carbocycles. The highest BCUT2D eigenvalue weighted by Gasteiger charge is 2.08. The standard InChI is InChI=1S/C8H18ClN.ClH/c1-7(9)5-10-6-8(2,3)4;/h7,10H,5-6H2,1-4H3;1H. The molecule has 0 aromatic heterocycles. The van der Waals surface area contributed by atoms with Gasteiger partial charge in [-0.1, -0.05) is 20.8 Å². The van der Waals surface area contributed by atoms with Gasteiger partial charge in [-0.3, -0.25) is 0 Å². The second-order valence-corrected chi connectivity index (χ2v) is 4.72.